The number of benzene rings is 2. The van der Waals surface area contributed by atoms with Crippen LogP contribution in [0.1, 0.15) is 18.2 Å². The Balaban J connectivity index is 1.81. The number of nitrogens with one attached hydrogen (secondary N) is 1. The summed E-state index contributed by atoms with van der Waals surface area (Å²) in [6.45, 7) is 2.27. The average Bonchev–Trinajstić information content (AvgIpc) is 2.96. The molecule has 0 aliphatic carbocycles. The second kappa shape index (κ2) is 6.93. The number of fused-ring (bicyclic) bond motifs is 1. The van der Waals surface area contributed by atoms with Gasteiger partial charge in [0.2, 0.25) is 0 Å². The van der Waals surface area contributed by atoms with Crippen LogP contribution in [0.15, 0.2) is 46.9 Å². The number of hydrogen-bond donors (Lipinski definition) is 1. The molecule has 1 N–H and O–H groups in total. The SMILES string of the molecule is CCc1oc2ccccc2c1CN(C)C(=O)Nc1cc(F)ccc1F. The van der Waals surface area contributed by atoms with Crippen molar-refractivity contribution in [3.8, 4) is 0 Å². The van der Waals surface area contributed by atoms with E-state index in [1.54, 1.807) is 7.05 Å². The number of aryl methyl sites for hydroxylation is 1. The Bertz CT molecular complexity index is 921. The minimum atomic E-state index is -0.689. The maximum atomic E-state index is 13.7. The van der Waals surface area contributed by atoms with Crippen molar-refractivity contribution in [3.63, 3.8) is 0 Å². The van der Waals surface area contributed by atoms with Crippen molar-refractivity contribution < 1.29 is 18.0 Å². The van der Waals surface area contributed by atoms with Crippen molar-refractivity contribution in [1.29, 1.82) is 0 Å². The lowest BCUT2D eigenvalue weighted by molar-refractivity contribution is 0.220. The van der Waals surface area contributed by atoms with Crippen molar-refractivity contribution in [2.75, 3.05) is 12.4 Å². The molecule has 1 aromatic heterocycles. The van der Waals surface area contributed by atoms with Crippen LogP contribution in [0.5, 0.6) is 0 Å². The van der Waals surface area contributed by atoms with E-state index in [9.17, 15) is 13.6 Å². The Hall–Kier alpha value is -2.89. The molecule has 0 spiro atoms. The zero-order valence-electron chi connectivity index (χ0n) is 14.0. The standard InChI is InChI=1S/C19H18F2N2O2/c1-3-17-14(13-6-4-5-7-18(13)25-17)11-23(2)19(24)22-16-10-12(20)8-9-15(16)21/h4-10H,3,11H2,1-2H3,(H,22,24). The number of urea groups is 1. The second-order valence-electron chi connectivity index (χ2n) is 5.76. The van der Waals surface area contributed by atoms with Crippen molar-refractivity contribution in [2.45, 2.75) is 19.9 Å². The summed E-state index contributed by atoms with van der Waals surface area (Å²) in [4.78, 5) is 13.7. The molecule has 3 aromatic rings. The molecule has 0 saturated carbocycles. The molecule has 0 aliphatic rings. The van der Waals surface area contributed by atoms with Crippen molar-refractivity contribution >= 4 is 22.7 Å². The normalized spacial score (nSPS) is 10.9. The van der Waals surface area contributed by atoms with E-state index in [1.165, 1.54) is 4.90 Å². The van der Waals surface area contributed by atoms with Gasteiger partial charge in [-0.15, -0.1) is 0 Å². The van der Waals surface area contributed by atoms with Gasteiger partial charge in [0.1, 0.15) is 23.0 Å². The van der Waals surface area contributed by atoms with Crippen LogP contribution in [0.25, 0.3) is 11.0 Å². The van der Waals surface area contributed by atoms with Gasteiger partial charge in [-0.3, -0.25) is 0 Å². The summed E-state index contributed by atoms with van der Waals surface area (Å²) in [6.07, 6.45) is 0.692. The number of rotatable bonds is 4. The number of nitrogens with zero attached hydrogens (tertiary/aromatic N) is 1. The monoisotopic (exact) mass is 344 g/mol. The zero-order chi connectivity index (χ0) is 18.0. The van der Waals surface area contributed by atoms with Crippen LogP contribution in [0, 0.1) is 11.6 Å². The van der Waals surface area contributed by atoms with Gasteiger partial charge in [-0.05, 0) is 18.2 Å². The third-order valence-electron chi connectivity index (χ3n) is 4.02. The van der Waals surface area contributed by atoms with Gasteiger partial charge in [0.05, 0.1) is 12.2 Å². The van der Waals surface area contributed by atoms with E-state index in [2.05, 4.69) is 5.32 Å². The first-order valence-corrected chi connectivity index (χ1v) is 7.96. The maximum absolute atomic E-state index is 13.7. The third kappa shape index (κ3) is 3.47. The number of furan rings is 1. The molecule has 0 unspecified atom stereocenters. The van der Waals surface area contributed by atoms with Gasteiger partial charge in [-0.1, -0.05) is 25.1 Å². The number of halogens is 2. The fraction of sp³-hybridized carbons (Fsp3) is 0.211. The summed E-state index contributed by atoms with van der Waals surface area (Å²) >= 11 is 0. The topological polar surface area (TPSA) is 45.5 Å². The van der Waals surface area contributed by atoms with Gasteiger partial charge >= 0.3 is 6.03 Å². The van der Waals surface area contributed by atoms with E-state index >= 15 is 0 Å². The lowest BCUT2D eigenvalue weighted by Crippen LogP contribution is -2.31. The first kappa shape index (κ1) is 17.0. The third-order valence-corrected chi connectivity index (χ3v) is 4.02. The number of amides is 2. The lowest BCUT2D eigenvalue weighted by atomic mass is 10.1. The maximum Gasteiger partial charge on any atom is 0.321 e. The molecule has 1 heterocycles. The minimum absolute atomic E-state index is 0.190. The highest BCUT2D eigenvalue weighted by atomic mass is 19.1. The molecule has 2 aromatic carbocycles. The summed E-state index contributed by atoms with van der Waals surface area (Å²) in [5.74, 6) is -0.502. The van der Waals surface area contributed by atoms with Gasteiger partial charge in [0.25, 0.3) is 0 Å². The largest absolute Gasteiger partial charge is 0.461 e. The number of para-hydroxylation sites is 1. The Morgan fingerprint density at radius 3 is 2.72 bits per heavy atom. The Kier molecular flexibility index (Phi) is 4.70. The summed E-state index contributed by atoms with van der Waals surface area (Å²) in [5.41, 5.74) is 1.49. The van der Waals surface area contributed by atoms with Crippen LogP contribution in [-0.4, -0.2) is 18.0 Å². The molecule has 25 heavy (non-hydrogen) atoms. The molecule has 0 radical (unpaired) electrons. The van der Waals surface area contributed by atoms with Gasteiger partial charge in [-0.2, -0.15) is 0 Å². The molecule has 0 fully saturated rings. The second-order valence-corrected chi connectivity index (χ2v) is 5.76. The highest BCUT2D eigenvalue weighted by Crippen LogP contribution is 2.27. The van der Waals surface area contributed by atoms with E-state index < -0.39 is 17.7 Å². The highest BCUT2D eigenvalue weighted by molar-refractivity contribution is 5.90. The van der Waals surface area contributed by atoms with Crippen molar-refractivity contribution in [1.82, 2.24) is 4.90 Å². The van der Waals surface area contributed by atoms with Crippen LogP contribution >= 0.6 is 0 Å². The molecular weight excluding hydrogens is 326 g/mol. The number of hydrogen-bond acceptors (Lipinski definition) is 2. The van der Waals surface area contributed by atoms with Crippen LogP contribution < -0.4 is 5.32 Å². The average molecular weight is 344 g/mol. The fourth-order valence-electron chi connectivity index (χ4n) is 2.72. The minimum Gasteiger partial charge on any atom is -0.461 e. The summed E-state index contributed by atoms with van der Waals surface area (Å²) in [7, 11) is 1.59. The molecular formula is C19H18F2N2O2. The van der Waals surface area contributed by atoms with Crippen LogP contribution in [0.3, 0.4) is 0 Å². The summed E-state index contributed by atoms with van der Waals surface area (Å²) in [5, 5.41) is 3.33. The lowest BCUT2D eigenvalue weighted by Gasteiger charge is -2.18. The zero-order valence-corrected chi connectivity index (χ0v) is 14.0. The van der Waals surface area contributed by atoms with E-state index in [4.69, 9.17) is 4.42 Å². The van der Waals surface area contributed by atoms with Crippen LogP contribution in [0.4, 0.5) is 19.3 Å². The van der Waals surface area contributed by atoms with Crippen molar-refractivity contribution in [3.05, 3.63) is 65.4 Å². The molecule has 4 nitrogen and oxygen atoms in total. The predicted molar refractivity (Wildman–Crippen MR) is 92.4 cm³/mol. The van der Waals surface area contributed by atoms with Crippen molar-refractivity contribution in [2.24, 2.45) is 0 Å². The molecule has 0 bridgehead atoms. The summed E-state index contributed by atoms with van der Waals surface area (Å²) < 4.78 is 32.7. The number of carbonyl (C=O) groups is 1. The van der Waals surface area contributed by atoms with E-state index in [0.717, 1.165) is 40.5 Å². The Morgan fingerprint density at radius 2 is 1.96 bits per heavy atom. The molecule has 0 saturated heterocycles. The van der Waals surface area contributed by atoms with Gasteiger partial charge in [-0.25, -0.2) is 13.6 Å². The molecule has 6 heteroatoms. The first-order valence-electron chi connectivity index (χ1n) is 7.96. The Morgan fingerprint density at radius 1 is 1.20 bits per heavy atom. The van der Waals surface area contributed by atoms with Crippen LogP contribution in [-0.2, 0) is 13.0 Å². The van der Waals surface area contributed by atoms with Crippen LogP contribution in [0.2, 0.25) is 0 Å². The molecule has 0 aliphatic heterocycles. The molecule has 3 rings (SSSR count). The quantitative estimate of drug-likeness (QED) is 0.729. The Labute approximate surface area is 144 Å². The smallest absolute Gasteiger partial charge is 0.321 e. The summed E-state index contributed by atoms with van der Waals surface area (Å²) in [6, 6.07) is 10.00. The predicted octanol–water partition coefficient (Wildman–Crippen LogP) is 4.94. The number of anilines is 1. The fourth-order valence-corrected chi connectivity index (χ4v) is 2.72. The van der Waals surface area contributed by atoms with E-state index in [1.807, 2.05) is 31.2 Å². The van der Waals surface area contributed by atoms with Gasteiger partial charge < -0.3 is 14.6 Å². The molecule has 0 atom stereocenters. The van der Waals surface area contributed by atoms with Gasteiger partial charge in [0.15, 0.2) is 0 Å². The van der Waals surface area contributed by atoms with E-state index in [-0.39, 0.29) is 5.69 Å². The number of carbonyl (C=O) groups excluding carboxylic acids is 1. The molecule has 2 amide bonds. The first-order chi connectivity index (χ1) is 12.0. The molecule has 130 valence electrons. The highest BCUT2D eigenvalue weighted by Gasteiger charge is 2.18. The van der Waals surface area contributed by atoms with E-state index in [0.29, 0.717) is 13.0 Å². The van der Waals surface area contributed by atoms with Gasteiger partial charge in [0, 0.05) is 30.5 Å².